The second-order valence-electron chi connectivity index (χ2n) is 4.07. The van der Waals surface area contributed by atoms with Crippen LogP contribution in [0.5, 0.6) is 0 Å². The minimum absolute atomic E-state index is 0.135. The number of nitrogen functional groups attached to an aromatic ring is 1. The molecule has 0 fully saturated rings. The van der Waals surface area contributed by atoms with Gasteiger partial charge in [0.05, 0.1) is 11.4 Å². The van der Waals surface area contributed by atoms with Crippen molar-refractivity contribution in [1.82, 2.24) is 0 Å². The van der Waals surface area contributed by atoms with Crippen molar-refractivity contribution in [3.8, 4) is 0 Å². The molecule has 0 aliphatic rings. The number of hydrogen-bond acceptors (Lipinski definition) is 3. The summed E-state index contributed by atoms with van der Waals surface area (Å²) in [6.07, 6.45) is 0.696. The van der Waals surface area contributed by atoms with E-state index in [1.807, 2.05) is 38.1 Å². The lowest BCUT2D eigenvalue weighted by Crippen LogP contribution is -2.32. The van der Waals surface area contributed by atoms with Crippen molar-refractivity contribution in [3.05, 3.63) is 24.3 Å². The Morgan fingerprint density at radius 1 is 1.36 bits per heavy atom. The second-order valence-corrected chi connectivity index (χ2v) is 4.07. The molecule has 0 unspecified atom stereocenters. The van der Waals surface area contributed by atoms with Crippen molar-refractivity contribution < 1.29 is 5.11 Å². The summed E-state index contributed by atoms with van der Waals surface area (Å²) < 4.78 is 0. The molecule has 3 nitrogen and oxygen atoms in total. The first kappa shape index (κ1) is 10.9. The van der Waals surface area contributed by atoms with Gasteiger partial charge < -0.3 is 16.2 Å². The van der Waals surface area contributed by atoms with Crippen LogP contribution >= 0.6 is 0 Å². The van der Waals surface area contributed by atoms with Gasteiger partial charge >= 0.3 is 0 Å². The Morgan fingerprint density at radius 2 is 2.00 bits per heavy atom. The lowest BCUT2D eigenvalue weighted by Gasteiger charge is -2.27. The van der Waals surface area contributed by atoms with Crippen LogP contribution in [0.3, 0.4) is 0 Å². The largest absolute Gasteiger partial charge is 0.397 e. The summed E-state index contributed by atoms with van der Waals surface area (Å²) in [5.41, 5.74) is 7.32. The molecule has 4 N–H and O–H groups in total. The third-order valence-corrected chi connectivity index (χ3v) is 2.17. The molecular weight excluding hydrogens is 176 g/mol. The SMILES string of the molecule is CC(C)(CCO)Nc1ccccc1N. The van der Waals surface area contributed by atoms with Gasteiger partial charge in [-0.25, -0.2) is 0 Å². The first-order valence-electron chi connectivity index (χ1n) is 4.79. The zero-order valence-corrected chi connectivity index (χ0v) is 8.75. The number of aliphatic hydroxyl groups excluding tert-OH is 1. The summed E-state index contributed by atoms with van der Waals surface area (Å²) in [5.74, 6) is 0. The molecule has 0 spiro atoms. The second kappa shape index (κ2) is 4.33. The maximum absolute atomic E-state index is 8.88. The Hall–Kier alpha value is -1.22. The van der Waals surface area contributed by atoms with Gasteiger partial charge in [0.2, 0.25) is 0 Å². The van der Waals surface area contributed by atoms with Crippen molar-refractivity contribution in [2.24, 2.45) is 0 Å². The van der Waals surface area contributed by atoms with Gasteiger partial charge in [0.1, 0.15) is 0 Å². The molecule has 0 bridgehead atoms. The fourth-order valence-electron chi connectivity index (χ4n) is 1.32. The number of anilines is 2. The monoisotopic (exact) mass is 194 g/mol. The summed E-state index contributed by atoms with van der Waals surface area (Å²) in [4.78, 5) is 0. The van der Waals surface area contributed by atoms with E-state index in [1.165, 1.54) is 0 Å². The molecule has 0 saturated carbocycles. The van der Waals surface area contributed by atoms with Crippen LogP contribution in [0.4, 0.5) is 11.4 Å². The van der Waals surface area contributed by atoms with E-state index < -0.39 is 0 Å². The van der Waals surface area contributed by atoms with E-state index >= 15 is 0 Å². The van der Waals surface area contributed by atoms with Crippen LogP contribution in [0.1, 0.15) is 20.3 Å². The minimum atomic E-state index is -0.135. The van der Waals surface area contributed by atoms with Gasteiger partial charge in [0, 0.05) is 12.1 Å². The zero-order valence-electron chi connectivity index (χ0n) is 8.75. The van der Waals surface area contributed by atoms with Crippen LogP contribution in [0.2, 0.25) is 0 Å². The molecule has 0 radical (unpaired) electrons. The van der Waals surface area contributed by atoms with E-state index in [0.29, 0.717) is 6.42 Å². The average molecular weight is 194 g/mol. The van der Waals surface area contributed by atoms with Gasteiger partial charge in [-0.1, -0.05) is 12.1 Å². The van der Waals surface area contributed by atoms with Gasteiger partial charge in [-0.2, -0.15) is 0 Å². The Bertz CT molecular complexity index is 297. The number of aliphatic hydroxyl groups is 1. The average Bonchev–Trinajstić information content (AvgIpc) is 2.08. The minimum Gasteiger partial charge on any atom is -0.397 e. The molecule has 0 aliphatic heterocycles. The van der Waals surface area contributed by atoms with Gasteiger partial charge in [0.15, 0.2) is 0 Å². The fraction of sp³-hybridized carbons (Fsp3) is 0.455. The number of nitrogens with one attached hydrogen (secondary N) is 1. The quantitative estimate of drug-likeness (QED) is 0.641. The maximum atomic E-state index is 8.88. The number of rotatable bonds is 4. The van der Waals surface area contributed by atoms with Crippen molar-refractivity contribution >= 4 is 11.4 Å². The standard InChI is InChI=1S/C11H18N2O/c1-11(2,7-8-14)13-10-6-4-3-5-9(10)12/h3-6,13-14H,7-8,12H2,1-2H3. The summed E-state index contributed by atoms with van der Waals surface area (Å²) in [6, 6.07) is 7.64. The van der Waals surface area contributed by atoms with Crippen LogP contribution < -0.4 is 11.1 Å². The third kappa shape index (κ3) is 2.92. The van der Waals surface area contributed by atoms with Gasteiger partial charge in [0.25, 0.3) is 0 Å². The van der Waals surface area contributed by atoms with Crippen LogP contribution in [-0.4, -0.2) is 17.3 Å². The highest BCUT2D eigenvalue weighted by Crippen LogP contribution is 2.22. The van der Waals surface area contributed by atoms with Crippen LogP contribution in [0, 0.1) is 0 Å². The van der Waals surface area contributed by atoms with Crippen molar-refractivity contribution in [2.75, 3.05) is 17.7 Å². The predicted octanol–water partition coefficient (Wildman–Crippen LogP) is 1.84. The zero-order chi connectivity index (χ0) is 10.6. The van der Waals surface area contributed by atoms with Crippen LogP contribution in [0.15, 0.2) is 24.3 Å². The molecule has 1 aromatic rings. The molecule has 0 aromatic heterocycles. The number of hydrogen-bond donors (Lipinski definition) is 3. The molecule has 1 aromatic carbocycles. The van der Waals surface area contributed by atoms with E-state index in [4.69, 9.17) is 10.8 Å². The molecule has 78 valence electrons. The van der Waals surface area contributed by atoms with Crippen molar-refractivity contribution in [1.29, 1.82) is 0 Å². The lowest BCUT2D eigenvalue weighted by molar-refractivity contribution is 0.261. The summed E-state index contributed by atoms with van der Waals surface area (Å²) in [7, 11) is 0. The highest BCUT2D eigenvalue weighted by molar-refractivity contribution is 5.66. The first-order chi connectivity index (χ1) is 6.55. The molecule has 3 heteroatoms. The van der Waals surface area contributed by atoms with E-state index in [-0.39, 0.29) is 12.1 Å². The summed E-state index contributed by atoms with van der Waals surface area (Å²) >= 11 is 0. The van der Waals surface area contributed by atoms with Crippen molar-refractivity contribution in [2.45, 2.75) is 25.8 Å². The van der Waals surface area contributed by atoms with E-state index in [0.717, 1.165) is 11.4 Å². The highest BCUT2D eigenvalue weighted by atomic mass is 16.3. The fourth-order valence-corrected chi connectivity index (χ4v) is 1.32. The highest BCUT2D eigenvalue weighted by Gasteiger charge is 2.16. The molecule has 0 atom stereocenters. The Kier molecular flexibility index (Phi) is 3.36. The number of para-hydroxylation sites is 2. The van der Waals surface area contributed by atoms with Crippen LogP contribution in [0.25, 0.3) is 0 Å². The van der Waals surface area contributed by atoms with Crippen LogP contribution in [-0.2, 0) is 0 Å². The molecule has 0 aliphatic carbocycles. The normalized spacial score (nSPS) is 11.4. The van der Waals surface area contributed by atoms with E-state index in [2.05, 4.69) is 5.32 Å². The Labute approximate surface area is 84.9 Å². The smallest absolute Gasteiger partial charge is 0.0578 e. The first-order valence-corrected chi connectivity index (χ1v) is 4.79. The van der Waals surface area contributed by atoms with Gasteiger partial charge in [-0.05, 0) is 32.4 Å². The molecule has 0 heterocycles. The lowest BCUT2D eigenvalue weighted by atomic mass is 10.0. The number of benzene rings is 1. The Morgan fingerprint density at radius 3 is 2.57 bits per heavy atom. The number of nitrogens with two attached hydrogens (primary N) is 1. The Balaban J connectivity index is 2.73. The molecular formula is C11H18N2O. The van der Waals surface area contributed by atoms with E-state index in [9.17, 15) is 0 Å². The molecule has 0 amide bonds. The maximum Gasteiger partial charge on any atom is 0.0578 e. The molecule has 0 saturated heterocycles. The molecule has 14 heavy (non-hydrogen) atoms. The van der Waals surface area contributed by atoms with Gasteiger partial charge in [-0.3, -0.25) is 0 Å². The molecule has 1 rings (SSSR count). The van der Waals surface area contributed by atoms with Gasteiger partial charge in [-0.15, -0.1) is 0 Å². The predicted molar refractivity (Wildman–Crippen MR) is 60.3 cm³/mol. The summed E-state index contributed by atoms with van der Waals surface area (Å²) in [5, 5.41) is 12.2. The van der Waals surface area contributed by atoms with Crippen molar-refractivity contribution in [3.63, 3.8) is 0 Å². The topological polar surface area (TPSA) is 58.3 Å². The third-order valence-electron chi connectivity index (χ3n) is 2.17. The van der Waals surface area contributed by atoms with E-state index in [1.54, 1.807) is 0 Å². The summed E-state index contributed by atoms with van der Waals surface area (Å²) in [6.45, 7) is 4.25.